The zero-order chi connectivity index (χ0) is 12.1. The Bertz CT molecular complexity index is 295. The van der Waals surface area contributed by atoms with Gasteiger partial charge < -0.3 is 19.3 Å². The Kier molecular flexibility index (Phi) is 5.49. The summed E-state index contributed by atoms with van der Waals surface area (Å²) in [6.45, 7) is 0. The molecule has 0 saturated heterocycles. The van der Waals surface area contributed by atoms with Crippen molar-refractivity contribution in [2.75, 3.05) is 35.4 Å². The van der Waals surface area contributed by atoms with E-state index in [1.807, 2.05) is 0 Å². The smallest absolute Gasteiger partial charge is 0.359 e. The van der Waals surface area contributed by atoms with Crippen LogP contribution in [0.4, 0.5) is 4.79 Å². The Labute approximate surface area is 89.0 Å². The van der Waals surface area contributed by atoms with E-state index >= 15 is 0 Å². The summed E-state index contributed by atoms with van der Waals surface area (Å²) < 4.78 is 20.6. The van der Waals surface area contributed by atoms with Gasteiger partial charge in [0.05, 0.1) is 0 Å². The molecule has 0 unspecified atom stereocenters. The lowest BCUT2D eigenvalue weighted by Crippen LogP contribution is -2.34. The van der Waals surface area contributed by atoms with Gasteiger partial charge in [0, 0.05) is 35.4 Å². The van der Waals surface area contributed by atoms with Crippen LogP contribution in [-0.2, 0) is 13.6 Å². The maximum Gasteiger partial charge on any atom is 0.420 e. The van der Waals surface area contributed by atoms with Crippen molar-refractivity contribution in [3.63, 3.8) is 0 Å². The Hall–Kier alpha value is -0.910. The van der Waals surface area contributed by atoms with Crippen LogP contribution in [0.25, 0.3) is 0 Å². The van der Waals surface area contributed by atoms with Crippen molar-refractivity contribution in [1.29, 1.82) is 0 Å². The molecule has 0 aliphatic carbocycles. The molecule has 1 amide bonds. The van der Waals surface area contributed by atoms with Crippen LogP contribution >= 0.6 is 7.60 Å². The summed E-state index contributed by atoms with van der Waals surface area (Å²) in [6, 6.07) is 0. The van der Waals surface area contributed by atoms with Crippen molar-refractivity contribution in [2.45, 2.75) is 0 Å². The zero-order valence-corrected chi connectivity index (χ0v) is 10.4. The largest absolute Gasteiger partial charge is 0.420 e. The second-order valence-electron chi connectivity index (χ2n) is 2.73. The van der Waals surface area contributed by atoms with Crippen LogP contribution in [-0.4, -0.2) is 51.9 Å². The topological polar surface area (TPSA) is 80.2 Å². The second kappa shape index (κ2) is 5.85. The van der Waals surface area contributed by atoms with Gasteiger partial charge >= 0.3 is 13.2 Å². The van der Waals surface area contributed by atoms with Crippen molar-refractivity contribution in [1.82, 2.24) is 10.2 Å². The summed E-state index contributed by atoms with van der Waals surface area (Å²) in [5.41, 5.74) is -0.939. The number of nitrogens with zero attached hydrogens (tertiary/aromatic N) is 2. The number of hydrogen-bond donors (Lipinski definition) is 1. The van der Waals surface area contributed by atoms with E-state index in [1.165, 1.54) is 0 Å². The second-order valence-corrected chi connectivity index (χ2v) is 4.83. The number of hydrogen-bond acceptors (Lipinski definition) is 4. The van der Waals surface area contributed by atoms with E-state index in [0.717, 1.165) is 14.2 Å². The van der Waals surface area contributed by atoms with E-state index in [1.54, 1.807) is 26.0 Å². The van der Waals surface area contributed by atoms with Gasteiger partial charge in [-0.3, -0.25) is 4.79 Å². The molecule has 88 valence electrons. The molecule has 0 bridgehead atoms. The van der Waals surface area contributed by atoms with Gasteiger partial charge in [-0.2, -0.15) is 4.99 Å². The summed E-state index contributed by atoms with van der Waals surface area (Å²) >= 11 is 0. The monoisotopic (exact) mass is 237 g/mol. The molecule has 1 N–H and O–H groups in total. The fourth-order valence-corrected chi connectivity index (χ4v) is 1.44. The standard InChI is InChI=1S/C7H16N3O4P/c1-8-6(10(2)3)9-7(11)15(12,13-4)14-5/h1-5H3,(H,8,9,11). The highest BCUT2D eigenvalue weighted by molar-refractivity contribution is 7.71. The highest BCUT2D eigenvalue weighted by Crippen LogP contribution is 2.48. The molecular formula is C7H16N3O4P. The summed E-state index contributed by atoms with van der Waals surface area (Å²) in [5.74, 6) is 0.273. The molecule has 0 fully saturated rings. The van der Waals surface area contributed by atoms with Crippen LogP contribution in [0.5, 0.6) is 0 Å². The first-order chi connectivity index (χ1) is 6.91. The van der Waals surface area contributed by atoms with E-state index in [-0.39, 0.29) is 5.96 Å². The third-order valence-electron chi connectivity index (χ3n) is 1.56. The molecule has 15 heavy (non-hydrogen) atoms. The number of carbonyl (C=O) groups is 1. The summed E-state index contributed by atoms with van der Waals surface area (Å²) in [5, 5.41) is 2.68. The fourth-order valence-electron chi connectivity index (χ4n) is 0.762. The van der Waals surface area contributed by atoms with Crippen LogP contribution in [0.3, 0.4) is 0 Å². The van der Waals surface area contributed by atoms with Gasteiger partial charge in [-0.1, -0.05) is 0 Å². The Morgan fingerprint density at radius 1 is 1.33 bits per heavy atom. The van der Waals surface area contributed by atoms with Crippen molar-refractivity contribution < 1.29 is 18.4 Å². The van der Waals surface area contributed by atoms with E-state index < -0.39 is 13.2 Å². The van der Waals surface area contributed by atoms with Crippen LogP contribution < -0.4 is 5.32 Å². The third-order valence-corrected chi connectivity index (χ3v) is 3.09. The molecule has 0 aliphatic rings. The lowest BCUT2D eigenvalue weighted by atomic mass is 10.8. The van der Waals surface area contributed by atoms with Gasteiger partial charge in [0.15, 0.2) is 0 Å². The molecule has 0 aromatic carbocycles. The molecule has 0 radical (unpaired) electrons. The quantitative estimate of drug-likeness (QED) is 0.442. The molecular weight excluding hydrogens is 221 g/mol. The number of aliphatic imine (C=N–C) groups is 1. The molecule has 0 aliphatic heterocycles. The lowest BCUT2D eigenvalue weighted by molar-refractivity contribution is 0.240. The Morgan fingerprint density at radius 3 is 2.07 bits per heavy atom. The minimum absolute atomic E-state index is 0.273. The zero-order valence-electron chi connectivity index (χ0n) is 9.47. The highest BCUT2D eigenvalue weighted by Gasteiger charge is 2.32. The lowest BCUT2D eigenvalue weighted by Gasteiger charge is -2.15. The average molecular weight is 237 g/mol. The first-order valence-corrected chi connectivity index (χ1v) is 5.65. The first-order valence-electron chi connectivity index (χ1n) is 4.11. The van der Waals surface area contributed by atoms with Crippen LogP contribution in [0.15, 0.2) is 4.99 Å². The molecule has 7 nitrogen and oxygen atoms in total. The van der Waals surface area contributed by atoms with Crippen molar-refractivity contribution >= 4 is 19.2 Å². The Morgan fingerprint density at radius 2 is 1.80 bits per heavy atom. The molecule has 0 spiro atoms. The van der Waals surface area contributed by atoms with Crippen LogP contribution in [0.1, 0.15) is 0 Å². The maximum atomic E-state index is 11.6. The molecule has 8 heteroatoms. The van der Waals surface area contributed by atoms with Crippen molar-refractivity contribution in [3.05, 3.63) is 0 Å². The SMILES string of the molecule is CNC(=NC(=O)P(=O)(OC)OC)N(C)C. The highest BCUT2D eigenvalue weighted by atomic mass is 31.2. The predicted octanol–water partition coefficient (Wildman–Crippen LogP) is 0.729. The van der Waals surface area contributed by atoms with Gasteiger partial charge in [-0.15, -0.1) is 0 Å². The number of carbonyl (C=O) groups excluding carboxylic acids is 1. The van der Waals surface area contributed by atoms with Gasteiger partial charge in [0.2, 0.25) is 5.96 Å². The van der Waals surface area contributed by atoms with E-state index in [9.17, 15) is 9.36 Å². The number of nitrogens with one attached hydrogen (secondary N) is 1. The molecule has 0 rings (SSSR count). The number of guanidine groups is 1. The third kappa shape index (κ3) is 3.62. The van der Waals surface area contributed by atoms with Gasteiger partial charge in [-0.25, -0.2) is 4.57 Å². The summed E-state index contributed by atoms with van der Waals surface area (Å²) in [4.78, 5) is 16.6. The molecule has 0 saturated carbocycles. The minimum Gasteiger partial charge on any atom is -0.359 e. The molecule has 0 atom stereocenters. The van der Waals surface area contributed by atoms with Gasteiger partial charge in [-0.05, 0) is 0 Å². The maximum absolute atomic E-state index is 11.6. The molecule has 0 heterocycles. The van der Waals surface area contributed by atoms with Gasteiger partial charge in [0.25, 0.3) is 0 Å². The van der Waals surface area contributed by atoms with E-state index in [4.69, 9.17) is 0 Å². The average Bonchev–Trinajstić information content (AvgIpc) is 2.23. The van der Waals surface area contributed by atoms with Gasteiger partial charge in [0.1, 0.15) is 0 Å². The predicted molar refractivity (Wildman–Crippen MR) is 57.2 cm³/mol. The summed E-state index contributed by atoms with van der Waals surface area (Å²) in [6.07, 6.45) is 0. The van der Waals surface area contributed by atoms with Crippen LogP contribution in [0.2, 0.25) is 0 Å². The summed E-state index contributed by atoms with van der Waals surface area (Å²) in [7, 11) is 3.46. The molecule has 0 aromatic heterocycles. The first kappa shape index (κ1) is 14.1. The minimum atomic E-state index is -3.77. The van der Waals surface area contributed by atoms with E-state index in [2.05, 4.69) is 19.4 Å². The van der Waals surface area contributed by atoms with Crippen molar-refractivity contribution in [2.24, 2.45) is 4.99 Å². The Balaban J connectivity index is 4.94. The normalized spacial score (nSPS) is 12.5. The van der Waals surface area contributed by atoms with E-state index in [0.29, 0.717) is 0 Å². The number of rotatable bonds is 3. The number of amides is 1. The molecule has 0 aromatic rings. The fraction of sp³-hybridized carbons (Fsp3) is 0.714. The van der Waals surface area contributed by atoms with Crippen LogP contribution in [0, 0.1) is 0 Å². The van der Waals surface area contributed by atoms with Crippen molar-refractivity contribution in [3.8, 4) is 0 Å².